The molecule has 0 aromatic carbocycles. The quantitative estimate of drug-likeness (QED) is 0.0235. The zero-order valence-corrected chi connectivity index (χ0v) is 36.9. The zero-order chi connectivity index (χ0) is 41.9. The number of esters is 2. The van der Waals surface area contributed by atoms with Crippen molar-refractivity contribution >= 4 is 19.8 Å². The van der Waals surface area contributed by atoms with Gasteiger partial charge in [-0.15, -0.1) is 0 Å². The second-order valence-electron chi connectivity index (χ2n) is 15.1. The maximum absolute atomic E-state index is 12.6. The number of phosphoric ester groups is 1. The number of hydrogen-bond donors (Lipinski definition) is 3. The summed E-state index contributed by atoms with van der Waals surface area (Å²) in [7, 11) is -4.63. The van der Waals surface area contributed by atoms with Gasteiger partial charge in [0, 0.05) is 12.8 Å². The van der Waals surface area contributed by atoms with Crippen LogP contribution in [-0.2, 0) is 32.7 Å². The summed E-state index contributed by atoms with van der Waals surface area (Å²) in [5, 5.41) is 18.3. The van der Waals surface area contributed by atoms with Crippen LogP contribution < -0.4 is 0 Å². The van der Waals surface area contributed by atoms with Gasteiger partial charge < -0.3 is 24.6 Å². The molecule has 0 aliphatic carbocycles. The van der Waals surface area contributed by atoms with Gasteiger partial charge in [-0.1, -0.05) is 159 Å². The molecule has 0 radical (unpaired) electrons. The SMILES string of the molecule is CCCCCC/C=C/CCCCCCCCCCCC(=O)OC[C@H](COP(=O)(O)OC[C@@H](O)CO)OC(=O)CCC/C=C/C/C=C/C/C=C/CCCCCCCC. The van der Waals surface area contributed by atoms with E-state index in [0.717, 1.165) is 38.5 Å². The third-order valence-corrected chi connectivity index (χ3v) is 10.4. The molecule has 10 nitrogen and oxygen atoms in total. The van der Waals surface area contributed by atoms with Crippen molar-refractivity contribution in [1.82, 2.24) is 0 Å². The number of carbonyl (C=O) groups is 2. The Kier molecular flexibility index (Phi) is 40.5. The monoisotopic (exact) mass is 827 g/mol. The first-order chi connectivity index (χ1) is 27.7. The Labute approximate surface area is 347 Å². The molecule has 0 fully saturated rings. The topological polar surface area (TPSA) is 149 Å². The first-order valence-electron chi connectivity index (χ1n) is 22.6. The number of phosphoric acid groups is 1. The summed E-state index contributed by atoms with van der Waals surface area (Å²) < 4.78 is 32.7. The molecule has 0 aromatic rings. The van der Waals surface area contributed by atoms with Crippen molar-refractivity contribution in [2.75, 3.05) is 26.4 Å². The van der Waals surface area contributed by atoms with Crippen molar-refractivity contribution in [2.45, 2.75) is 206 Å². The Morgan fingerprint density at radius 3 is 1.46 bits per heavy atom. The van der Waals surface area contributed by atoms with Gasteiger partial charge in [-0.2, -0.15) is 0 Å². The molecule has 0 bridgehead atoms. The molecular weight excluding hydrogens is 743 g/mol. The molecule has 332 valence electrons. The van der Waals surface area contributed by atoms with Crippen LogP contribution >= 0.6 is 7.82 Å². The van der Waals surface area contributed by atoms with E-state index >= 15 is 0 Å². The van der Waals surface area contributed by atoms with Crippen LogP contribution in [0.3, 0.4) is 0 Å². The Balaban J connectivity index is 4.35. The fraction of sp³-hybridized carbons (Fsp3) is 0.783. The fourth-order valence-corrected chi connectivity index (χ4v) is 6.73. The molecule has 11 heteroatoms. The number of hydrogen-bond acceptors (Lipinski definition) is 9. The molecule has 0 spiro atoms. The van der Waals surface area contributed by atoms with Crippen LogP contribution in [0.1, 0.15) is 194 Å². The van der Waals surface area contributed by atoms with E-state index in [0.29, 0.717) is 19.3 Å². The van der Waals surface area contributed by atoms with Gasteiger partial charge >= 0.3 is 19.8 Å². The summed E-state index contributed by atoms with van der Waals surface area (Å²) in [6.07, 6.45) is 45.1. The molecule has 0 saturated heterocycles. The molecule has 57 heavy (non-hydrogen) atoms. The molecular formula is C46H83O10P. The van der Waals surface area contributed by atoms with Crippen molar-refractivity contribution in [2.24, 2.45) is 0 Å². The highest BCUT2D eigenvalue weighted by atomic mass is 31.2. The Morgan fingerprint density at radius 2 is 0.930 bits per heavy atom. The Hall–Kier alpha value is -2.07. The Bertz CT molecular complexity index is 1090. The van der Waals surface area contributed by atoms with Gasteiger partial charge in [0.15, 0.2) is 6.10 Å². The Morgan fingerprint density at radius 1 is 0.526 bits per heavy atom. The van der Waals surface area contributed by atoms with E-state index in [1.165, 1.54) is 109 Å². The van der Waals surface area contributed by atoms with Crippen molar-refractivity contribution in [1.29, 1.82) is 0 Å². The summed E-state index contributed by atoms with van der Waals surface area (Å²) in [5.74, 6) is -0.987. The van der Waals surface area contributed by atoms with Gasteiger partial charge in [-0.3, -0.25) is 18.6 Å². The second-order valence-corrected chi connectivity index (χ2v) is 16.5. The normalized spacial score (nSPS) is 14.3. The molecule has 0 aliphatic rings. The molecule has 0 saturated carbocycles. The number of unbranched alkanes of at least 4 members (excludes halogenated alkanes) is 20. The zero-order valence-electron chi connectivity index (χ0n) is 36.0. The molecule has 3 N–H and O–H groups in total. The third kappa shape index (κ3) is 41.9. The average Bonchev–Trinajstić information content (AvgIpc) is 3.20. The van der Waals surface area contributed by atoms with E-state index in [-0.39, 0.29) is 19.4 Å². The van der Waals surface area contributed by atoms with Crippen LogP contribution in [0.2, 0.25) is 0 Å². The maximum Gasteiger partial charge on any atom is 0.472 e. The van der Waals surface area contributed by atoms with Crippen molar-refractivity contribution in [3.8, 4) is 0 Å². The number of allylic oxidation sites excluding steroid dienone is 8. The van der Waals surface area contributed by atoms with Gasteiger partial charge in [0.1, 0.15) is 12.7 Å². The van der Waals surface area contributed by atoms with Crippen LogP contribution in [-0.4, -0.2) is 65.7 Å². The third-order valence-electron chi connectivity index (χ3n) is 9.46. The molecule has 1 unspecified atom stereocenters. The number of rotatable bonds is 42. The van der Waals surface area contributed by atoms with Crippen LogP contribution in [0.15, 0.2) is 48.6 Å². The van der Waals surface area contributed by atoms with Gasteiger partial charge in [-0.05, 0) is 70.6 Å². The minimum Gasteiger partial charge on any atom is -0.462 e. The minimum atomic E-state index is -4.63. The fourth-order valence-electron chi connectivity index (χ4n) is 5.94. The smallest absolute Gasteiger partial charge is 0.462 e. The predicted octanol–water partition coefficient (Wildman–Crippen LogP) is 12.1. The molecule has 0 heterocycles. The molecule has 3 atom stereocenters. The average molecular weight is 827 g/mol. The van der Waals surface area contributed by atoms with Crippen LogP contribution in [0.4, 0.5) is 0 Å². The van der Waals surface area contributed by atoms with Crippen molar-refractivity contribution < 1.29 is 47.8 Å². The van der Waals surface area contributed by atoms with E-state index < -0.39 is 51.8 Å². The van der Waals surface area contributed by atoms with E-state index in [4.69, 9.17) is 19.1 Å². The summed E-state index contributed by atoms with van der Waals surface area (Å²) in [6, 6.07) is 0. The van der Waals surface area contributed by atoms with E-state index in [2.05, 4.69) is 60.9 Å². The van der Waals surface area contributed by atoms with Crippen molar-refractivity contribution in [3.63, 3.8) is 0 Å². The van der Waals surface area contributed by atoms with E-state index in [9.17, 15) is 24.2 Å². The van der Waals surface area contributed by atoms with Gasteiger partial charge in [0.05, 0.1) is 19.8 Å². The molecule has 0 amide bonds. The van der Waals surface area contributed by atoms with Crippen LogP contribution in [0, 0.1) is 0 Å². The predicted molar refractivity (Wildman–Crippen MR) is 233 cm³/mol. The highest BCUT2D eigenvalue weighted by molar-refractivity contribution is 7.47. The maximum atomic E-state index is 12.6. The lowest BCUT2D eigenvalue weighted by Crippen LogP contribution is -2.29. The van der Waals surface area contributed by atoms with E-state index in [1.807, 2.05) is 6.08 Å². The molecule has 0 rings (SSSR count). The van der Waals surface area contributed by atoms with Crippen molar-refractivity contribution in [3.05, 3.63) is 48.6 Å². The minimum absolute atomic E-state index is 0.112. The lowest BCUT2D eigenvalue weighted by Gasteiger charge is -2.20. The highest BCUT2D eigenvalue weighted by Gasteiger charge is 2.27. The number of ether oxygens (including phenoxy) is 2. The first kappa shape index (κ1) is 54.9. The van der Waals surface area contributed by atoms with Gasteiger partial charge in [0.2, 0.25) is 0 Å². The van der Waals surface area contributed by atoms with Crippen LogP contribution in [0.5, 0.6) is 0 Å². The van der Waals surface area contributed by atoms with Gasteiger partial charge in [0.25, 0.3) is 0 Å². The lowest BCUT2D eigenvalue weighted by atomic mass is 10.1. The number of aliphatic hydroxyl groups excluding tert-OH is 2. The molecule has 0 aromatic heterocycles. The highest BCUT2D eigenvalue weighted by Crippen LogP contribution is 2.43. The first-order valence-corrected chi connectivity index (χ1v) is 24.1. The van der Waals surface area contributed by atoms with E-state index in [1.54, 1.807) is 0 Å². The summed E-state index contributed by atoms with van der Waals surface area (Å²) >= 11 is 0. The largest absolute Gasteiger partial charge is 0.472 e. The number of carbonyl (C=O) groups excluding carboxylic acids is 2. The summed E-state index contributed by atoms with van der Waals surface area (Å²) in [4.78, 5) is 35.0. The standard InChI is InChI=1S/C46H83O10P/c1-3-5-7-9-11-13-15-17-19-21-23-25-27-29-31-33-35-37-45(49)53-41-44(42-55-57(51,52)54-40-43(48)39-47)56-46(50)38-36-34-32-30-28-26-24-22-20-18-16-14-12-10-8-6-4-2/h13,15,18,20,24,26,30,32,43-44,47-48H,3-12,14,16-17,19,21-23,25,27-29,31,33-42H2,1-2H3,(H,51,52)/b15-13+,20-18+,26-24+,32-30+/t43-,44+/m0/s1. The van der Waals surface area contributed by atoms with Crippen LogP contribution in [0.25, 0.3) is 0 Å². The van der Waals surface area contributed by atoms with Gasteiger partial charge in [-0.25, -0.2) is 4.57 Å². The summed E-state index contributed by atoms with van der Waals surface area (Å²) in [5.41, 5.74) is 0. The summed E-state index contributed by atoms with van der Waals surface area (Å²) in [6.45, 7) is 2.31. The number of aliphatic hydroxyl groups is 2. The lowest BCUT2D eigenvalue weighted by molar-refractivity contribution is -0.161. The molecule has 0 aliphatic heterocycles. The second kappa shape index (κ2) is 42.1.